The van der Waals surface area contributed by atoms with Crippen molar-refractivity contribution in [3.63, 3.8) is 0 Å². The van der Waals surface area contributed by atoms with Crippen molar-refractivity contribution in [3.05, 3.63) is 47.9 Å². The highest BCUT2D eigenvalue weighted by Gasteiger charge is 2.24. The minimum atomic E-state index is 0.0621. The Balaban J connectivity index is 1.36. The number of carbonyl (C=O) groups excluding carboxylic acids is 1. The van der Waals surface area contributed by atoms with Crippen molar-refractivity contribution in [2.75, 3.05) is 31.6 Å². The van der Waals surface area contributed by atoms with Crippen LogP contribution in [-0.4, -0.2) is 47.6 Å². The minimum Gasteiger partial charge on any atom is -0.478 e. The third kappa shape index (κ3) is 4.18. The van der Waals surface area contributed by atoms with Gasteiger partial charge in [-0.3, -0.25) is 4.79 Å². The van der Waals surface area contributed by atoms with Crippen molar-refractivity contribution in [3.8, 4) is 5.88 Å². The van der Waals surface area contributed by atoms with Crippen molar-refractivity contribution < 1.29 is 9.53 Å². The molecule has 1 atom stereocenters. The Morgan fingerprint density at radius 1 is 1.31 bits per heavy atom. The van der Waals surface area contributed by atoms with E-state index in [1.807, 2.05) is 25.1 Å². The summed E-state index contributed by atoms with van der Waals surface area (Å²) in [5.41, 5.74) is 3.21. The number of H-pyrrole nitrogens is 1. The summed E-state index contributed by atoms with van der Waals surface area (Å²) in [5.74, 6) is 1.77. The first-order valence-corrected chi connectivity index (χ1v) is 10.1. The maximum absolute atomic E-state index is 12.6. The average Bonchev–Trinajstić information content (AvgIpc) is 3.07. The number of hydrogen-bond acceptors (Lipinski definition) is 5. The molecule has 1 aromatic carbocycles. The Kier molecular flexibility index (Phi) is 5.64. The number of anilines is 1. The lowest BCUT2D eigenvalue weighted by Crippen LogP contribution is -2.41. The van der Waals surface area contributed by atoms with Crippen LogP contribution in [0.2, 0.25) is 0 Å². The molecule has 1 aliphatic rings. The van der Waals surface area contributed by atoms with Crippen molar-refractivity contribution in [1.29, 1.82) is 0 Å². The number of para-hydroxylation sites is 1. The van der Waals surface area contributed by atoms with Gasteiger partial charge in [0, 0.05) is 48.6 Å². The summed E-state index contributed by atoms with van der Waals surface area (Å²) < 4.78 is 5.35. The summed E-state index contributed by atoms with van der Waals surface area (Å²) in [7, 11) is 1.61. The number of methoxy groups -OCH3 is 1. The molecule has 1 fully saturated rings. The molecule has 1 amide bonds. The third-order valence-electron chi connectivity index (χ3n) is 5.61. The lowest BCUT2D eigenvalue weighted by Gasteiger charge is -2.33. The number of hydrogen-bond donors (Lipinski definition) is 2. The number of aromatic amines is 1. The highest BCUT2D eigenvalue weighted by molar-refractivity contribution is 5.90. The molecule has 1 saturated heterocycles. The van der Waals surface area contributed by atoms with Crippen molar-refractivity contribution in [2.45, 2.75) is 26.2 Å². The first-order chi connectivity index (χ1) is 14.2. The van der Waals surface area contributed by atoms with E-state index in [-0.39, 0.29) is 5.91 Å². The fourth-order valence-corrected chi connectivity index (χ4v) is 4.15. The van der Waals surface area contributed by atoms with E-state index in [1.165, 1.54) is 0 Å². The van der Waals surface area contributed by atoms with E-state index in [9.17, 15) is 4.79 Å². The van der Waals surface area contributed by atoms with Crippen LogP contribution in [0.15, 0.2) is 36.7 Å². The molecular weight excluding hydrogens is 366 g/mol. The van der Waals surface area contributed by atoms with Crippen LogP contribution < -0.4 is 15.0 Å². The molecule has 4 rings (SSSR count). The van der Waals surface area contributed by atoms with Gasteiger partial charge in [0.05, 0.1) is 13.5 Å². The molecule has 2 aromatic heterocycles. The van der Waals surface area contributed by atoms with E-state index in [2.05, 4.69) is 31.2 Å². The standard InChI is InChI=1S/C22H27N5O2/c1-15-18(17-7-3-4-8-19(17)26-15)12-20(28)25-13-16-6-5-11-27(14-16)21-22(29-2)24-10-9-23-21/h3-4,7-10,16,26H,5-6,11-14H2,1-2H3,(H,25,28). The number of rotatable bonds is 6. The number of carbonyl (C=O) groups is 1. The molecule has 3 heterocycles. The van der Waals surface area contributed by atoms with E-state index in [1.54, 1.807) is 19.5 Å². The number of piperidine rings is 1. The zero-order valence-corrected chi connectivity index (χ0v) is 16.9. The Labute approximate surface area is 170 Å². The summed E-state index contributed by atoms with van der Waals surface area (Å²) >= 11 is 0. The number of nitrogens with zero attached hydrogens (tertiary/aromatic N) is 3. The molecule has 0 bridgehead atoms. The van der Waals surface area contributed by atoms with E-state index >= 15 is 0 Å². The van der Waals surface area contributed by atoms with Gasteiger partial charge in [-0.25, -0.2) is 9.97 Å². The fourth-order valence-electron chi connectivity index (χ4n) is 4.15. The van der Waals surface area contributed by atoms with E-state index in [4.69, 9.17) is 4.74 Å². The van der Waals surface area contributed by atoms with Gasteiger partial charge in [0.2, 0.25) is 5.91 Å². The number of amides is 1. The van der Waals surface area contributed by atoms with E-state index < -0.39 is 0 Å². The van der Waals surface area contributed by atoms with E-state index in [0.717, 1.165) is 53.9 Å². The molecule has 1 unspecified atom stereocenters. The molecule has 7 heteroatoms. The second-order valence-electron chi connectivity index (χ2n) is 7.60. The lowest BCUT2D eigenvalue weighted by molar-refractivity contribution is -0.120. The number of ether oxygens (including phenoxy) is 1. The molecule has 152 valence electrons. The Bertz CT molecular complexity index is 1000. The zero-order valence-electron chi connectivity index (χ0n) is 16.9. The van der Waals surface area contributed by atoms with Gasteiger partial charge < -0.3 is 19.9 Å². The molecule has 0 radical (unpaired) electrons. The molecule has 0 spiro atoms. The number of aryl methyl sites for hydroxylation is 1. The van der Waals surface area contributed by atoms with Gasteiger partial charge in [-0.1, -0.05) is 18.2 Å². The molecule has 7 nitrogen and oxygen atoms in total. The summed E-state index contributed by atoms with van der Waals surface area (Å²) in [6.45, 7) is 4.45. The number of nitrogens with one attached hydrogen (secondary N) is 2. The van der Waals surface area contributed by atoms with E-state index in [0.29, 0.717) is 24.8 Å². The smallest absolute Gasteiger partial charge is 0.257 e. The maximum Gasteiger partial charge on any atom is 0.257 e. The molecule has 29 heavy (non-hydrogen) atoms. The van der Waals surface area contributed by atoms with Crippen molar-refractivity contribution in [1.82, 2.24) is 20.3 Å². The second kappa shape index (κ2) is 8.51. The van der Waals surface area contributed by atoms with Crippen molar-refractivity contribution in [2.24, 2.45) is 5.92 Å². The quantitative estimate of drug-likeness (QED) is 0.673. The Hall–Kier alpha value is -3.09. The molecule has 1 aliphatic heterocycles. The van der Waals surface area contributed by atoms with Gasteiger partial charge in [0.25, 0.3) is 5.88 Å². The number of benzene rings is 1. The van der Waals surface area contributed by atoms with Crippen LogP contribution in [-0.2, 0) is 11.2 Å². The van der Waals surface area contributed by atoms with Gasteiger partial charge in [-0.05, 0) is 37.3 Å². The highest BCUT2D eigenvalue weighted by atomic mass is 16.5. The number of aromatic nitrogens is 3. The fraction of sp³-hybridized carbons (Fsp3) is 0.409. The maximum atomic E-state index is 12.6. The van der Waals surface area contributed by atoms with Gasteiger partial charge in [0.15, 0.2) is 5.82 Å². The Morgan fingerprint density at radius 3 is 3.00 bits per heavy atom. The van der Waals surface area contributed by atoms with Crippen LogP contribution in [0.4, 0.5) is 5.82 Å². The Morgan fingerprint density at radius 2 is 2.14 bits per heavy atom. The van der Waals surface area contributed by atoms with Gasteiger partial charge in [-0.15, -0.1) is 0 Å². The van der Waals surface area contributed by atoms with Gasteiger partial charge >= 0.3 is 0 Å². The summed E-state index contributed by atoms with van der Waals surface area (Å²) in [6.07, 6.45) is 5.86. The third-order valence-corrected chi connectivity index (χ3v) is 5.61. The minimum absolute atomic E-state index is 0.0621. The first kappa shape index (κ1) is 19.2. The van der Waals surface area contributed by atoms with Crippen molar-refractivity contribution >= 4 is 22.6 Å². The number of fused-ring (bicyclic) bond motifs is 1. The summed E-state index contributed by atoms with van der Waals surface area (Å²) in [5, 5.41) is 4.26. The largest absolute Gasteiger partial charge is 0.478 e. The molecule has 3 aromatic rings. The van der Waals surface area contributed by atoms with Gasteiger partial charge in [0.1, 0.15) is 0 Å². The zero-order chi connectivity index (χ0) is 20.2. The normalized spacial score (nSPS) is 16.8. The van der Waals surface area contributed by atoms with Crippen LogP contribution >= 0.6 is 0 Å². The first-order valence-electron chi connectivity index (χ1n) is 10.1. The second-order valence-corrected chi connectivity index (χ2v) is 7.60. The van der Waals surface area contributed by atoms with Crippen LogP contribution in [0, 0.1) is 12.8 Å². The van der Waals surface area contributed by atoms with Crippen LogP contribution in [0.25, 0.3) is 10.9 Å². The topological polar surface area (TPSA) is 83.1 Å². The lowest BCUT2D eigenvalue weighted by atomic mass is 9.97. The molecule has 0 aliphatic carbocycles. The van der Waals surface area contributed by atoms with Crippen LogP contribution in [0.1, 0.15) is 24.1 Å². The average molecular weight is 393 g/mol. The SMILES string of the molecule is COc1nccnc1N1CCCC(CNC(=O)Cc2c(C)[nH]c3ccccc23)C1. The van der Waals surface area contributed by atoms with Crippen LogP contribution in [0.5, 0.6) is 5.88 Å². The van der Waals surface area contributed by atoms with Gasteiger partial charge in [-0.2, -0.15) is 0 Å². The molecule has 0 saturated carbocycles. The molecule has 2 N–H and O–H groups in total. The summed E-state index contributed by atoms with van der Waals surface area (Å²) in [6, 6.07) is 8.12. The van der Waals surface area contributed by atoms with Crippen LogP contribution in [0.3, 0.4) is 0 Å². The highest BCUT2D eigenvalue weighted by Crippen LogP contribution is 2.27. The predicted molar refractivity (Wildman–Crippen MR) is 113 cm³/mol. The predicted octanol–water partition coefficient (Wildman–Crippen LogP) is 2.85. The summed E-state index contributed by atoms with van der Waals surface area (Å²) in [4.78, 5) is 26.9. The molecular formula is C22H27N5O2. The monoisotopic (exact) mass is 393 g/mol.